The molecule has 108 valence electrons. The lowest BCUT2D eigenvalue weighted by atomic mass is 10.1. The Hall–Kier alpha value is -2.00. The second-order valence-electron chi connectivity index (χ2n) is 4.97. The zero-order chi connectivity index (χ0) is 14.8. The van der Waals surface area contributed by atoms with Crippen molar-refractivity contribution in [2.75, 3.05) is 7.11 Å². The van der Waals surface area contributed by atoms with Crippen molar-refractivity contribution in [1.82, 2.24) is 9.55 Å². The van der Waals surface area contributed by atoms with Crippen LogP contribution in [0.4, 0.5) is 0 Å². The van der Waals surface area contributed by atoms with Crippen LogP contribution in [0.1, 0.15) is 24.4 Å². The first-order valence-corrected chi connectivity index (χ1v) is 7.44. The van der Waals surface area contributed by atoms with Crippen LogP contribution in [0, 0.1) is 0 Å². The van der Waals surface area contributed by atoms with E-state index in [9.17, 15) is 0 Å². The number of halogens is 1. The van der Waals surface area contributed by atoms with Crippen LogP contribution in [0.25, 0.3) is 11.0 Å². The van der Waals surface area contributed by atoms with Crippen molar-refractivity contribution in [3.8, 4) is 5.75 Å². The van der Waals surface area contributed by atoms with Crippen molar-refractivity contribution in [1.29, 1.82) is 0 Å². The number of benzene rings is 2. The SMILES string of the molecule is COc1ccc2c(c1)nc(CCl)n2C(C)c1ccccc1. The fourth-order valence-corrected chi connectivity index (χ4v) is 2.85. The summed E-state index contributed by atoms with van der Waals surface area (Å²) in [6.07, 6.45) is 0. The van der Waals surface area contributed by atoms with Crippen LogP contribution < -0.4 is 4.74 Å². The summed E-state index contributed by atoms with van der Waals surface area (Å²) in [4.78, 5) is 4.64. The van der Waals surface area contributed by atoms with Gasteiger partial charge in [0.05, 0.1) is 30.1 Å². The minimum absolute atomic E-state index is 0.179. The molecule has 1 aromatic heterocycles. The minimum atomic E-state index is 0.179. The average molecular weight is 301 g/mol. The summed E-state index contributed by atoms with van der Waals surface area (Å²) in [5, 5.41) is 0. The Morgan fingerprint density at radius 3 is 2.62 bits per heavy atom. The number of rotatable bonds is 4. The van der Waals surface area contributed by atoms with Gasteiger partial charge in [-0.05, 0) is 24.6 Å². The van der Waals surface area contributed by atoms with Gasteiger partial charge in [0.15, 0.2) is 0 Å². The number of methoxy groups -OCH3 is 1. The van der Waals surface area contributed by atoms with Gasteiger partial charge in [-0.15, -0.1) is 11.6 Å². The number of ether oxygens (including phenoxy) is 1. The molecule has 0 fully saturated rings. The Labute approximate surface area is 129 Å². The predicted molar refractivity (Wildman–Crippen MR) is 86.1 cm³/mol. The standard InChI is InChI=1S/C17H17ClN2O/c1-12(13-6-4-3-5-7-13)20-16-9-8-14(21-2)10-15(16)19-17(20)11-18/h3-10,12H,11H2,1-2H3. The van der Waals surface area contributed by atoms with E-state index in [0.717, 1.165) is 22.6 Å². The van der Waals surface area contributed by atoms with Crippen LogP contribution in [-0.4, -0.2) is 16.7 Å². The van der Waals surface area contributed by atoms with Crippen LogP contribution in [0.15, 0.2) is 48.5 Å². The fraction of sp³-hybridized carbons (Fsp3) is 0.235. The number of imidazole rings is 1. The van der Waals surface area contributed by atoms with Crippen molar-refractivity contribution in [3.63, 3.8) is 0 Å². The van der Waals surface area contributed by atoms with Gasteiger partial charge in [-0.3, -0.25) is 0 Å². The molecule has 3 nitrogen and oxygen atoms in total. The lowest BCUT2D eigenvalue weighted by Gasteiger charge is -2.17. The average Bonchev–Trinajstić information content (AvgIpc) is 2.92. The molecule has 3 aromatic rings. The monoisotopic (exact) mass is 300 g/mol. The van der Waals surface area contributed by atoms with Crippen molar-refractivity contribution in [2.45, 2.75) is 18.8 Å². The third kappa shape index (κ3) is 2.49. The summed E-state index contributed by atoms with van der Waals surface area (Å²) in [7, 11) is 1.66. The molecule has 0 N–H and O–H groups in total. The summed E-state index contributed by atoms with van der Waals surface area (Å²) >= 11 is 6.09. The summed E-state index contributed by atoms with van der Waals surface area (Å²) < 4.78 is 7.46. The Morgan fingerprint density at radius 1 is 1.19 bits per heavy atom. The van der Waals surface area contributed by atoms with E-state index in [1.165, 1.54) is 5.56 Å². The molecule has 1 unspecified atom stereocenters. The van der Waals surface area contributed by atoms with Crippen LogP contribution in [0.2, 0.25) is 0 Å². The maximum absolute atomic E-state index is 6.09. The van der Waals surface area contributed by atoms with Crippen LogP contribution >= 0.6 is 11.6 Å². The van der Waals surface area contributed by atoms with E-state index in [2.05, 4.69) is 28.6 Å². The molecule has 0 bridgehead atoms. The van der Waals surface area contributed by atoms with Gasteiger partial charge < -0.3 is 9.30 Å². The van der Waals surface area contributed by atoms with Crippen LogP contribution in [0.5, 0.6) is 5.75 Å². The summed E-state index contributed by atoms with van der Waals surface area (Å²) in [5.74, 6) is 2.06. The molecule has 0 radical (unpaired) electrons. The topological polar surface area (TPSA) is 27.1 Å². The second kappa shape index (κ2) is 5.78. The molecule has 2 aromatic carbocycles. The third-order valence-electron chi connectivity index (χ3n) is 3.76. The van der Waals surface area contributed by atoms with Crippen molar-refractivity contribution < 1.29 is 4.74 Å². The molecule has 0 amide bonds. The molecular formula is C17H17ClN2O. The highest BCUT2D eigenvalue weighted by atomic mass is 35.5. The zero-order valence-corrected chi connectivity index (χ0v) is 12.8. The number of hydrogen-bond acceptors (Lipinski definition) is 2. The highest BCUT2D eigenvalue weighted by molar-refractivity contribution is 6.16. The normalized spacial score (nSPS) is 12.5. The van der Waals surface area contributed by atoms with Gasteiger partial charge in [-0.25, -0.2) is 4.98 Å². The Kier molecular flexibility index (Phi) is 3.84. The van der Waals surface area contributed by atoms with Crippen LogP contribution in [-0.2, 0) is 5.88 Å². The maximum atomic E-state index is 6.09. The lowest BCUT2D eigenvalue weighted by Crippen LogP contribution is -2.09. The summed E-state index contributed by atoms with van der Waals surface area (Å²) in [6, 6.07) is 16.5. The predicted octanol–water partition coefficient (Wildman–Crippen LogP) is 4.39. The minimum Gasteiger partial charge on any atom is -0.497 e. The van der Waals surface area contributed by atoms with Gasteiger partial charge in [0.2, 0.25) is 0 Å². The molecule has 4 heteroatoms. The van der Waals surface area contributed by atoms with Gasteiger partial charge >= 0.3 is 0 Å². The maximum Gasteiger partial charge on any atom is 0.125 e. The quantitative estimate of drug-likeness (QED) is 0.668. The first-order chi connectivity index (χ1) is 10.2. The van der Waals surface area contributed by atoms with Crippen molar-refractivity contribution in [2.24, 2.45) is 0 Å². The summed E-state index contributed by atoms with van der Waals surface area (Å²) in [6.45, 7) is 2.16. The van der Waals surface area contributed by atoms with Gasteiger partial charge in [-0.2, -0.15) is 0 Å². The molecule has 0 spiro atoms. The third-order valence-corrected chi connectivity index (χ3v) is 4.00. The molecule has 1 atom stereocenters. The van der Waals surface area contributed by atoms with Crippen LogP contribution in [0.3, 0.4) is 0 Å². The van der Waals surface area contributed by atoms with E-state index in [1.54, 1.807) is 7.11 Å². The lowest BCUT2D eigenvalue weighted by molar-refractivity contribution is 0.415. The molecule has 0 aliphatic carbocycles. The highest BCUT2D eigenvalue weighted by Gasteiger charge is 2.17. The van der Waals surface area contributed by atoms with Crippen molar-refractivity contribution >= 4 is 22.6 Å². The van der Waals surface area contributed by atoms with E-state index >= 15 is 0 Å². The first kappa shape index (κ1) is 14.0. The summed E-state index contributed by atoms with van der Waals surface area (Å²) in [5.41, 5.74) is 3.22. The number of hydrogen-bond donors (Lipinski definition) is 0. The molecule has 0 aliphatic heterocycles. The molecule has 3 rings (SSSR count). The highest BCUT2D eigenvalue weighted by Crippen LogP contribution is 2.28. The Bertz CT molecular complexity index is 752. The second-order valence-corrected chi connectivity index (χ2v) is 5.24. The smallest absolute Gasteiger partial charge is 0.125 e. The largest absolute Gasteiger partial charge is 0.497 e. The zero-order valence-electron chi connectivity index (χ0n) is 12.1. The van der Waals surface area contributed by atoms with Gasteiger partial charge in [0, 0.05) is 6.07 Å². The number of aromatic nitrogens is 2. The van der Waals surface area contributed by atoms with Gasteiger partial charge in [0.25, 0.3) is 0 Å². The van der Waals surface area contributed by atoms with E-state index < -0.39 is 0 Å². The number of nitrogens with zero attached hydrogens (tertiary/aromatic N) is 2. The number of alkyl halides is 1. The van der Waals surface area contributed by atoms with Gasteiger partial charge in [0.1, 0.15) is 11.6 Å². The van der Waals surface area contributed by atoms with E-state index in [1.807, 2.05) is 36.4 Å². The van der Waals surface area contributed by atoms with E-state index in [4.69, 9.17) is 16.3 Å². The Morgan fingerprint density at radius 2 is 1.95 bits per heavy atom. The van der Waals surface area contributed by atoms with E-state index in [-0.39, 0.29) is 6.04 Å². The fourth-order valence-electron chi connectivity index (χ4n) is 2.66. The van der Waals surface area contributed by atoms with E-state index in [0.29, 0.717) is 5.88 Å². The Balaban J connectivity index is 2.16. The number of fused-ring (bicyclic) bond motifs is 1. The molecule has 0 saturated carbocycles. The first-order valence-electron chi connectivity index (χ1n) is 6.90. The molecule has 0 saturated heterocycles. The molecule has 21 heavy (non-hydrogen) atoms. The molecular weight excluding hydrogens is 284 g/mol. The molecule has 0 aliphatic rings. The van der Waals surface area contributed by atoms with Gasteiger partial charge in [-0.1, -0.05) is 30.3 Å². The molecule has 1 heterocycles. The van der Waals surface area contributed by atoms with Crippen molar-refractivity contribution in [3.05, 3.63) is 59.9 Å².